The number of nitrogens with zero attached hydrogens (tertiary/aromatic N) is 3. The van der Waals surface area contributed by atoms with Gasteiger partial charge in [-0.2, -0.15) is 0 Å². The summed E-state index contributed by atoms with van der Waals surface area (Å²) in [6.07, 6.45) is 5.60. The van der Waals surface area contributed by atoms with Crippen LogP contribution in [0.5, 0.6) is 0 Å². The molecule has 0 saturated carbocycles. The largest absolute Gasteiger partial charge is 0.480 e. The van der Waals surface area contributed by atoms with E-state index in [2.05, 4.69) is 15.3 Å². The Kier molecular flexibility index (Phi) is 3.83. The Labute approximate surface area is 143 Å². The van der Waals surface area contributed by atoms with Crippen molar-refractivity contribution in [1.29, 1.82) is 0 Å². The van der Waals surface area contributed by atoms with Crippen molar-refractivity contribution in [3.63, 3.8) is 0 Å². The van der Waals surface area contributed by atoms with Gasteiger partial charge in [-0.1, -0.05) is 0 Å². The number of carboxylic acid groups (broad SMARTS) is 1. The minimum absolute atomic E-state index is 0.114. The lowest BCUT2D eigenvalue weighted by atomic mass is 9.91. The number of hydrogen-bond donors (Lipinski definition) is 2. The van der Waals surface area contributed by atoms with Crippen LogP contribution in [0.4, 0.5) is 10.3 Å². The Morgan fingerprint density at radius 1 is 1.36 bits per heavy atom. The third-order valence-corrected chi connectivity index (χ3v) is 4.62. The van der Waals surface area contributed by atoms with E-state index < -0.39 is 5.97 Å². The van der Waals surface area contributed by atoms with Crippen LogP contribution in [-0.2, 0) is 24.2 Å². The second-order valence-corrected chi connectivity index (χ2v) is 6.22. The smallest absolute Gasteiger partial charge is 0.323 e. The van der Waals surface area contributed by atoms with Crippen molar-refractivity contribution in [1.82, 2.24) is 14.5 Å². The lowest BCUT2D eigenvalue weighted by molar-refractivity contribution is -0.137. The maximum atomic E-state index is 13.8. The van der Waals surface area contributed by atoms with Crippen molar-refractivity contribution in [2.24, 2.45) is 0 Å². The number of aromatic nitrogens is 3. The summed E-state index contributed by atoms with van der Waals surface area (Å²) in [5.41, 5.74) is 2.76. The van der Waals surface area contributed by atoms with Gasteiger partial charge in [0.1, 0.15) is 12.4 Å². The number of nitrogens with one attached hydrogen (secondary N) is 1. The normalized spacial score (nSPS) is 16.6. The van der Waals surface area contributed by atoms with E-state index in [1.807, 2.05) is 0 Å². The summed E-state index contributed by atoms with van der Waals surface area (Å²) in [7, 11) is 0. The molecule has 1 aliphatic carbocycles. The van der Waals surface area contributed by atoms with E-state index in [9.17, 15) is 14.3 Å². The number of aliphatic carboxylic acids is 1. The van der Waals surface area contributed by atoms with Gasteiger partial charge in [0.2, 0.25) is 5.95 Å². The van der Waals surface area contributed by atoms with Crippen molar-refractivity contribution >= 4 is 22.8 Å². The maximum absolute atomic E-state index is 13.8. The fourth-order valence-electron chi connectivity index (χ4n) is 3.62. The third-order valence-electron chi connectivity index (χ3n) is 4.62. The van der Waals surface area contributed by atoms with E-state index in [1.165, 1.54) is 12.1 Å². The predicted molar refractivity (Wildman–Crippen MR) is 91.0 cm³/mol. The molecule has 3 aromatic rings. The summed E-state index contributed by atoms with van der Waals surface area (Å²) in [5.74, 6) is -0.650. The van der Waals surface area contributed by atoms with Gasteiger partial charge in [0.05, 0.1) is 0 Å². The Morgan fingerprint density at radius 2 is 2.16 bits per heavy atom. The average molecular weight is 340 g/mol. The predicted octanol–water partition coefficient (Wildman–Crippen LogP) is 2.62. The van der Waals surface area contributed by atoms with Crippen LogP contribution in [0.1, 0.15) is 17.7 Å². The molecule has 7 heteroatoms. The fourth-order valence-corrected chi connectivity index (χ4v) is 3.62. The molecule has 1 atom stereocenters. The first-order chi connectivity index (χ1) is 12.1. The second-order valence-electron chi connectivity index (χ2n) is 6.22. The maximum Gasteiger partial charge on any atom is 0.323 e. The van der Waals surface area contributed by atoms with Crippen LogP contribution in [0.15, 0.2) is 36.7 Å². The molecular weight excluding hydrogens is 323 g/mol. The number of hydrogen-bond acceptors (Lipinski definition) is 4. The molecule has 6 nitrogen and oxygen atoms in total. The average Bonchev–Trinajstić information content (AvgIpc) is 2.88. The van der Waals surface area contributed by atoms with Crippen LogP contribution >= 0.6 is 0 Å². The second kappa shape index (κ2) is 6.16. The zero-order valence-electron chi connectivity index (χ0n) is 13.4. The molecule has 1 unspecified atom stereocenters. The highest BCUT2D eigenvalue weighted by molar-refractivity contribution is 5.87. The van der Waals surface area contributed by atoms with E-state index in [-0.39, 0.29) is 18.4 Å². The standard InChI is InChI=1S/C18H17FN4O2/c19-11-2-4-15-13(8-11)14-9-12(22-18-20-6-1-7-21-18)3-5-16(14)23(15)10-17(24)25/h1-2,4,6-8,12H,3,5,9-10H2,(H,24,25)(H,20,21,22). The van der Waals surface area contributed by atoms with Crippen LogP contribution in [0, 0.1) is 5.82 Å². The number of carbonyl (C=O) groups is 1. The highest BCUT2D eigenvalue weighted by atomic mass is 19.1. The molecule has 1 aliphatic rings. The topological polar surface area (TPSA) is 80.0 Å². The molecule has 1 aromatic carbocycles. The first-order valence-corrected chi connectivity index (χ1v) is 8.16. The lowest BCUT2D eigenvalue weighted by Gasteiger charge is -2.24. The van der Waals surface area contributed by atoms with Crippen LogP contribution in [-0.4, -0.2) is 31.7 Å². The van der Waals surface area contributed by atoms with E-state index in [0.717, 1.165) is 35.0 Å². The van der Waals surface area contributed by atoms with Gasteiger partial charge in [0, 0.05) is 35.0 Å². The number of carboxylic acids is 1. The van der Waals surface area contributed by atoms with Crippen molar-refractivity contribution in [3.05, 3.63) is 53.7 Å². The summed E-state index contributed by atoms with van der Waals surface area (Å²) in [6, 6.07) is 6.41. The van der Waals surface area contributed by atoms with Gasteiger partial charge in [0.25, 0.3) is 0 Å². The fraction of sp³-hybridized carbons (Fsp3) is 0.278. The molecule has 2 aromatic heterocycles. The monoisotopic (exact) mass is 340 g/mol. The van der Waals surface area contributed by atoms with Gasteiger partial charge >= 0.3 is 5.97 Å². The SMILES string of the molecule is O=C(O)Cn1c2c(c3cc(F)ccc31)CC(Nc1ncccn1)CC2. The minimum atomic E-state index is -0.901. The summed E-state index contributed by atoms with van der Waals surface area (Å²) in [5, 5.41) is 13.3. The molecule has 0 aliphatic heterocycles. The Morgan fingerprint density at radius 3 is 2.92 bits per heavy atom. The third kappa shape index (κ3) is 2.93. The number of halogens is 1. The first kappa shape index (κ1) is 15.6. The van der Waals surface area contributed by atoms with Gasteiger partial charge in [-0.05, 0) is 49.1 Å². The van der Waals surface area contributed by atoms with E-state index in [4.69, 9.17) is 0 Å². The Hall–Kier alpha value is -2.96. The number of rotatable bonds is 4. The molecular formula is C18H17FN4O2. The van der Waals surface area contributed by atoms with Crippen LogP contribution < -0.4 is 5.32 Å². The van der Waals surface area contributed by atoms with Gasteiger partial charge in [0.15, 0.2) is 0 Å². The summed E-state index contributed by atoms with van der Waals surface area (Å²) in [4.78, 5) is 19.6. The molecule has 0 spiro atoms. The van der Waals surface area contributed by atoms with Gasteiger partial charge in [-0.3, -0.25) is 4.79 Å². The molecule has 0 saturated heterocycles. The zero-order valence-corrected chi connectivity index (χ0v) is 13.4. The Bertz CT molecular complexity index is 939. The quantitative estimate of drug-likeness (QED) is 0.763. The van der Waals surface area contributed by atoms with Crippen LogP contribution in [0.2, 0.25) is 0 Å². The van der Waals surface area contributed by atoms with Gasteiger partial charge < -0.3 is 15.0 Å². The number of benzene rings is 1. The number of fused-ring (bicyclic) bond motifs is 3. The molecule has 0 fully saturated rings. The van der Waals surface area contributed by atoms with Gasteiger partial charge in [-0.15, -0.1) is 0 Å². The first-order valence-electron chi connectivity index (χ1n) is 8.16. The zero-order chi connectivity index (χ0) is 17.4. The highest BCUT2D eigenvalue weighted by Crippen LogP contribution is 2.33. The van der Waals surface area contributed by atoms with Crippen molar-refractivity contribution in [2.45, 2.75) is 31.8 Å². The molecule has 128 valence electrons. The van der Waals surface area contributed by atoms with Crippen molar-refractivity contribution < 1.29 is 14.3 Å². The summed E-state index contributed by atoms with van der Waals surface area (Å²) >= 11 is 0. The summed E-state index contributed by atoms with van der Waals surface area (Å²) < 4.78 is 15.6. The van der Waals surface area contributed by atoms with E-state index >= 15 is 0 Å². The summed E-state index contributed by atoms with van der Waals surface area (Å²) in [6.45, 7) is -0.114. The van der Waals surface area contributed by atoms with Crippen LogP contribution in [0.25, 0.3) is 10.9 Å². The van der Waals surface area contributed by atoms with E-state index in [0.29, 0.717) is 12.4 Å². The molecule has 0 amide bonds. The van der Waals surface area contributed by atoms with E-state index in [1.54, 1.807) is 29.1 Å². The highest BCUT2D eigenvalue weighted by Gasteiger charge is 2.26. The molecule has 2 heterocycles. The van der Waals surface area contributed by atoms with Crippen molar-refractivity contribution in [2.75, 3.05) is 5.32 Å². The van der Waals surface area contributed by atoms with Gasteiger partial charge in [-0.25, -0.2) is 14.4 Å². The Balaban J connectivity index is 1.72. The minimum Gasteiger partial charge on any atom is -0.480 e. The lowest BCUT2D eigenvalue weighted by Crippen LogP contribution is -2.29. The van der Waals surface area contributed by atoms with Crippen molar-refractivity contribution in [3.8, 4) is 0 Å². The molecule has 0 radical (unpaired) electrons. The molecule has 0 bridgehead atoms. The van der Waals surface area contributed by atoms with Crippen LogP contribution in [0.3, 0.4) is 0 Å². The number of anilines is 1. The molecule has 25 heavy (non-hydrogen) atoms. The molecule has 4 rings (SSSR count). The molecule has 2 N–H and O–H groups in total.